The van der Waals surface area contributed by atoms with E-state index in [-0.39, 0.29) is 23.0 Å². The Hall–Kier alpha value is -0.350. The maximum Gasteiger partial charge on any atom is 0.333 e. The van der Waals surface area contributed by atoms with Crippen LogP contribution in [0.1, 0.15) is 26.7 Å². The summed E-state index contributed by atoms with van der Waals surface area (Å²) in [6.07, 6.45) is 2.41. The third-order valence-corrected chi connectivity index (χ3v) is 2.40. The maximum atomic E-state index is 11.1. The monoisotopic (exact) mass is 293 g/mol. The predicted octanol–water partition coefficient (Wildman–Crippen LogP) is -1.01. The number of nitrogens with zero attached hydrogens (tertiary/aromatic N) is 1. The van der Waals surface area contributed by atoms with Gasteiger partial charge in [-0.25, -0.2) is 4.79 Å². The highest BCUT2D eigenvalue weighted by Crippen LogP contribution is 2.02. The quantitative estimate of drug-likeness (QED) is 0.342. The third-order valence-electron chi connectivity index (χ3n) is 2.40. The van der Waals surface area contributed by atoms with Gasteiger partial charge in [-0.15, -0.1) is 0 Å². The fourth-order valence-corrected chi connectivity index (χ4v) is 1.21. The minimum Gasteiger partial charge on any atom is -1.00 e. The molecule has 0 amide bonds. The number of ether oxygens (including phenoxy) is 1. The van der Waals surface area contributed by atoms with Gasteiger partial charge >= 0.3 is 5.97 Å². The van der Waals surface area contributed by atoms with E-state index in [4.69, 9.17) is 4.74 Å². The zero-order valence-corrected chi connectivity index (χ0v) is 12.5. The molecule has 0 N–H and O–H groups in total. The summed E-state index contributed by atoms with van der Waals surface area (Å²) >= 11 is 0. The normalized spacial score (nSPS) is 10.5. The summed E-state index contributed by atoms with van der Waals surface area (Å²) in [5, 5.41) is 0. The zero-order valence-electron chi connectivity index (χ0n) is 10.9. The molecule has 0 aromatic rings. The van der Waals surface area contributed by atoms with E-state index in [1.807, 2.05) is 0 Å². The highest BCUT2D eigenvalue weighted by molar-refractivity contribution is 5.86. The second-order valence-electron chi connectivity index (χ2n) is 4.65. The van der Waals surface area contributed by atoms with Crippen LogP contribution >= 0.6 is 0 Å². The van der Waals surface area contributed by atoms with Crippen molar-refractivity contribution in [1.29, 1.82) is 0 Å². The minimum absolute atomic E-state index is 0. The number of halogens is 1. The van der Waals surface area contributed by atoms with Crippen molar-refractivity contribution < 1.29 is 31.0 Å². The highest BCUT2D eigenvalue weighted by atomic mass is 79.9. The second-order valence-corrected chi connectivity index (χ2v) is 4.65. The number of rotatable bonds is 7. The van der Waals surface area contributed by atoms with Gasteiger partial charge in [0.15, 0.2) is 0 Å². The molecule has 0 saturated carbocycles. The number of carbonyl (C=O) groups is 1. The lowest BCUT2D eigenvalue weighted by molar-refractivity contribution is -0.890. The minimum atomic E-state index is -0.287. The van der Waals surface area contributed by atoms with E-state index >= 15 is 0 Å². The van der Waals surface area contributed by atoms with Crippen LogP contribution in [0.15, 0.2) is 12.2 Å². The summed E-state index contributed by atoms with van der Waals surface area (Å²) in [6, 6.07) is 0. The Balaban J connectivity index is 0. The summed E-state index contributed by atoms with van der Waals surface area (Å²) in [7, 11) is 4.31. The largest absolute Gasteiger partial charge is 1.00 e. The third kappa shape index (κ3) is 8.92. The Morgan fingerprint density at radius 3 is 2.31 bits per heavy atom. The van der Waals surface area contributed by atoms with E-state index in [0.717, 1.165) is 17.6 Å². The molecule has 0 aromatic carbocycles. The fraction of sp³-hybridized carbons (Fsp3) is 0.750. The molecule has 0 aliphatic rings. The number of hydrogen-bond donors (Lipinski definition) is 0. The topological polar surface area (TPSA) is 26.3 Å². The number of esters is 1. The van der Waals surface area contributed by atoms with Crippen LogP contribution < -0.4 is 17.0 Å². The average molecular weight is 294 g/mol. The summed E-state index contributed by atoms with van der Waals surface area (Å²) in [5.41, 5.74) is 0.467. The smallest absolute Gasteiger partial charge is 0.333 e. The number of likely N-dealkylation sites (N-methyl/N-ethyl adjacent to an activating group) is 1. The van der Waals surface area contributed by atoms with Gasteiger partial charge in [0.25, 0.3) is 0 Å². The first-order valence-corrected chi connectivity index (χ1v) is 5.53. The molecule has 0 rings (SSSR count). The van der Waals surface area contributed by atoms with Gasteiger partial charge < -0.3 is 26.2 Å². The average Bonchev–Trinajstić information content (AvgIpc) is 2.14. The Morgan fingerprint density at radius 2 is 1.88 bits per heavy atom. The molecule has 0 aliphatic carbocycles. The number of quaternary nitrogens is 1. The van der Waals surface area contributed by atoms with Gasteiger partial charge in [-0.3, -0.25) is 0 Å². The lowest BCUT2D eigenvalue weighted by atomic mass is 10.3. The molecule has 96 valence electrons. The molecular weight excluding hydrogens is 270 g/mol. The fourth-order valence-electron chi connectivity index (χ4n) is 1.21. The van der Waals surface area contributed by atoms with Crippen molar-refractivity contribution in [3.63, 3.8) is 0 Å². The lowest BCUT2D eigenvalue weighted by Gasteiger charge is -2.29. The Labute approximate surface area is 110 Å². The molecule has 0 aliphatic heterocycles. The number of carbonyl (C=O) groups excluding carboxylic acids is 1. The van der Waals surface area contributed by atoms with Crippen LogP contribution in [0.3, 0.4) is 0 Å². The van der Waals surface area contributed by atoms with Crippen molar-refractivity contribution in [3.05, 3.63) is 12.2 Å². The molecule has 0 saturated heterocycles. The van der Waals surface area contributed by atoms with E-state index in [1.54, 1.807) is 6.92 Å². The highest BCUT2D eigenvalue weighted by Gasteiger charge is 2.14. The Morgan fingerprint density at radius 1 is 1.31 bits per heavy atom. The Bertz CT molecular complexity index is 227. The van der Waals surface area contributed by atoms with Crippen LogP contribution in [-0.4, -0.2) is 44.2 Å². The summed E-state index contributed by atoms with van der Waals surface area (Å²) in [6.45, 7) is 9.85. The van der Waals surface area contributed by atoms with Crippen molar-refractivity contribution >= 4 is 5.97 Å². The molecule has 0 atom stereocenters. The molecule has 0 fully saturated rings. The molecule has 0 unspecified atom stereocenters. The number of unbranched alkanes of at least 4 members (excludes halogenated alkanes) is 1. The van der Waals surface area contributed by atoms with Gasteiger partial charge in [-0.05, 0) is 13.3 Å². The second kappa shape index (κ2) is 8.76. The molecule has 4 heteroatoms. The van der Waals surface area contributed by atoms with Crippen molar-refractivity contribution in [3.8, 4) is 0 Å². The van der Waals surface area contributed by atoms with E-state index in [9.17, 15) is 4.79 Å². The van der Waals surface area contributed by atoms with Crippen molar-refractivity contribution in [2.75, 3.05) is 33.8 Å². The van der Waals surface area contributed by atoms with E-state index in [1.165, 1.54) is 12.8 Å². The molecule has 0 aromatic heterocycles. The van der Waals surface area contributed by atoms with Crippen molar-refractivity contribution in [1.82, 2.24) is 0 Å². The first-order valence-electron chi connectivity index (χ1n) is 5.53. The van der Waals surface area contributed by atoms with Gasteiger partial charge in [0.05, 0.1) is 20.6 Å². The van der Waals surface area contributed by atoms with Crippen LogP contribution in [0.25, 0.3) is 0 Å². The van der Waals surface area contributed by atoms with Crippen molar-refractivity contribution in [2.24, 2.45) is 0 Å². The van der Waals surface area contributed by atoms with Crippen LogP contribution in [0.5, 0.6) is 0 Å². The SMILES string of the molecule is C=C(C)C(=O)OCC[N+](C)(C)CCCC.[Br-]. The first kappa shape index (κ1) is 18.0. The van der Waals surface area contributed by atoms with Gasteiger partial charge in [-0.1, -0.05) is 19.9 Å². The van der Waals surface area contributed by atoms with Crippen LogP contribution in [-0.2, 0) is 9.53 Å². The molecular formula is C12H24BrNO2. The maximum absolute atomic E-state index is 11.1. The summed E-state index contributed by atoms with van der Waals surface area (Å²) < 4.78 is 5.97. The Kier molecular flexibility index (Phi) is 9.87. The predicted molar refractivity (Wildman–Crippen MR) is 62.5 cm³/mol. The molecule has 0 spiro atoms. The van der Waals surface area contributed by atoms with Gasteiger partial charge in [0.2, 0.25) is 0 Å². The number of hydrogen-bond acceptors (Lipinski definition) is 2. The van der Waals surface area contributed by atoms with Gasteiger partial charge in [-0.2, -0.15) is 0 Å². The molecule has 16 heavy (non-hydrogen) atoms. The van der Waals surface area contributed by atoms with E-state index < -0.39 is 0 Å². The first-order chi connectivity index (χ1) is 6.89. The lowest BCUT2D eigenvalue weighted by Crippen LogP contribution is -3.00. The zero-order chi connectivity index (χ0) is 11.9. The molecule has 3 nitrogen and oxygen atoms in total. The van der Waals surface area contributed by atoms with Crippen molar-refractivity contribution in [2.45, 2.75) is 26.7 Å². The summed E-state index contributed by atoms with van der Waals surface area (Å²) in [5.74, 6) is -0.287. The van der Waals surface area contributed by atoms with Crippen LogP contribution in [0, 0.1) is 0 Å². The van der Waals surface area contributed by atoms with Gasteiger partial charge in [0.1, 0.15) is 13.2 Å². The summed E-state index contributed by atoms with van der Waals surface area (Å²) in [4.78, 5) is 11.1. The molecule has 0 heterocycles. The van der Waals surface area contributed by atoms with Crippen LogP contribution in [0.4, 0.5) is 0 Å². The van der Waals surface area contributed by atoms with E-state index in [0.29, 0.717) is 12.2 Å². The standard InChI is InChI=1S/C12H24NO2.BrH/c1-6-7-8-13(4,5)9-10-15-12(14)11(2)3;/h2,6-10H2,1,3-5H3;1H/q+1;/p-1. The van der Waals surface area contributed by atoms with Gasteiger partial charge in [0, 0.05) is 5.57 Å². The van der Waals surface area contributed by atoms with Crippen LogP contribution in [0.2, 0.25) is 0 Å². The molecule has 0 bridgehead atoms. The van der Waals surface area contributed by atoms with E-state index in [2.05, 4.69) is 27.6 Å². The molecule has 0 radical (unpaired) electrons.